The van der Waals surface area contributed by atoms with Crippen molar-refractivity contribution >= 4 is 17.3 Å². The largest absolute Gasteiger partial charge is 2.00 e. The van der Waals surface area contributed by atoms with Crippen LogP contribution in [0.3, 0.4) is 0 Å². The van der Waals surface area contributed by atoms with Crippen molar-refractivity contribution < 1.29 is 17.1 Å². The molecule has 3 nitrogen and oxygen atoms in total. The van der Waals surface area contributed by atoms with Gasteiger partial charge in [-0.3, -0.25) is 0 Å². The molecule has 0 amide bonds. The summed E-state index contributed by atoms with van der Waals surface area (Å²) in [5, 5.41) is 7.60. The summed E-state index contributed by atoms with van der Waals surface area (Å²) >= 11 is 5.37. The molecule has 1 fully saturated rings. The van der Waals surface area contributed by atoms with Crippen LogP contribution in [-0.4, -0.2) is 23.1 Å². The van der Waals surface area contributed by atoms with Gasteiger partial charge in [0.1, 0.15) is 0 Å². The van der Waals surface area contributed by atoms with Crippen LogP contribution in [0.2, 0.25) is 0 Å². The van der Waals surface area contributed by atoms with Crippen LogP contribution in [0, 0.1) is 5.92 Å². The number of nitrogens with zero attached hydrogens (tertiary/aromatic N) is 1. The number of hydrogen-bond acceptors (Lipinski definition) is 2. The Morgan fingerprint density at radius 3 is 2.42 bits per heavy atom. The molecule has 2 bridgehead atoms. The predicted octanol–water partition coefficient (Wildman–Crippen LogP) is 3.26. The summed E-state index contributed by atoms with van der Waals surface area (Å²) in [7, 11) is 0. The molecule has 24 heavy (non-hydrogen) atoms. The molecule has 1 unspecified atom stereocenters. The van der Waals surface area contributed by atoms with Crippen molar-refractivity contribution in [3.05, 3.63) is 71.6 Å². The minimum atomic E-state index is 0. The van der Waals surface area contributed by atoms with Crippen molar-refractivity contribution in [1.82, 2.24) is 15.5 Å². The Labute approximate surface area is 159 Å². The van der Waals surface area contributed by atoms with E-state index in [9.17, 15) is 0 Å². The van der Waals surface area contributed by atoms with Gasteiger partial charge in [0.15, 0.2) is 5.11 Å². The van der Waals surface area contributed by atoms with Gasteiger partial charge in [-0.1, -0.05) is 0 Å². The second kappa shape index (κ2) is 7.56. The molecule has 4 aliphatic rings. The van der Waals surface area contributed by atoms with Gasteiger partial charge in [-0.05, 0) is 25.1 Å². The fraction of sp³-hybridized carbons (Fsp3) is 0.316. The van der Waals surface area contributed by atoms with E-state index >= 15 is 0 Å². The number of thiocarbonyl (C=S) groups is 1. The smallest absolute Gasteiger partial charge is 0.371 e. The first-order valence-corrected chi connectivity index (χ1v) is 8.68. The minimum absolute atomic E-state index is 0. The van der Waals surface area contributed by atoms with Gasteiger partial charge in [0, 0.05) is 24.7 Å². The molecule has 0 radical (unpaired) electrons. The maximum atomic E-state index is 5.37. The van der Waals surface area contributed by atoms with Crippen LogP contribution in [0.5, 0.6) is 0 Å². The second-order valence-electron chi connectivity index (χ2n) is 6.27. The van der Waals surface area contributed by atoms with Gasteiger partial charge in [-0.2, -0.15) is 30.3 Å². The van der Waals surface area contributed by atoms with E-state index in [0.29, 0.717) is 5.92 Å². The Hall–Kier alpha value is -1.55. The third-order valence-electron chi connectivity index (χ3n) is 4.89. The summed E-state index contributed by atoms with van der Waals surface area (Å²) in [5.74, 6) is 0.683. The summed E-state index contributed by atoms with van der Waals surface area (Å²) in [4.78, 5) is 2.52. The third-order valence-corrected chi connectivity index (χ3v) is 5.11. The van der Waals surface area contributed by atoms with Crippen LogP contribution < -0.4 is 10.6 Å². The van der Waals surface area contributed by atoms with E-state index in [1.54, 1.807) is 0 Å². The quantitative estimate of drug-likeness (QED) is 0.452. The van der Waals surface area contributed by atoms with Crippen molar-refractivity contribution in [2.75, 3.05) is 13.1 Å². The molecular weight excluding hydrogens is 358 g/mol. The van der Waals surface area contributed by atoms with Crippen LogP contribution in [0.25, 0.3) is 0 Å². The summed E-state index contributed by atoms with van der Waals surface area (Å²) in [6.45, 7) is 2.38. The van der Waals surface area contributed by atoms with Crippen LogP contribution >= 0.6 is 12.2 Å². The molecule has 4 aliphatic heterocycles. The Morgan fingerprint density at radius 1 is 1.08 bits per heavy atom. The maximum absolute atomic E-state index is 5.37. The van der Waals surface area contributed by atoms with E-state index < -0.39 is 0 Å². The molecule has 6 rings (SSSR count). The molecule has 2 aromatic rings. The molecular formula is C19H21FeN3S. The minimum Gasteiger partial charge on any atom is -0.371 e. The van der Waals surface area contributed by atoms with Gasteiger partial charge in [0.25, 0.3) is 0 Å². The first-order valence-electron chi connectivity index (χ1n) is 8.28. The number of nitrogens with one attached hydrogen (secondary N) is 2. The summed E-state index contributed by atoms with van der Waals surface area (Å²) in [5.41, 5.74) is 4.12. The van der Waals surface area contributed by atoms with E-state index in [-0.39, 0.29) is 23.1 Å². The molecule has 4 heterocycles. The Balaban J connectivity index is 0.000000245. The van der Waals surface area contributed by atoms with Crippen LogP contribution in [0.4, 0.5) is 0 Å². The predicted molar refractivity (Wildman–Crippen MR) is 97.0 cm³/mol. The molecule has 2 N–H and O–H groups in total. The van der Waals surface area contributed by atoms with Gasteiger partial charge >= 0.3 is 17.1 Å². The number of piperidine rings is 1. The number of hydrogen-bond donors (Lipinski definition) is 2. The van der Waals surface area contributed by atoms with Gasteiger partial charge in [0.05, 0.1) is 11.7 Å². The zero-order chi connectivity index (χ0) is 15.6. The topological polar surface area (TPSA) is 27.3 Å². The SMILES string of the molecule is S=C1NC2=C(C(c3ccc[cH-]3)N1)N1CCC2CC1.[Fe+2].c1cc[cH-]c1. The molecule has 1 saturated heterocycles. The summed E-state index contributed by atoms with van der Waals surface area (Å²) in [6.07, 6.45) is 2.53. The van der Waals surface area contributed by atoms with E-state index in [2.05, 4.69) is 39.8 Å². The Morgan fingerprint density at radius 2 is 1.83 bits per heavy atom. The molecule has 0 aromatic heterocycles. The third kappa shape index (κ3) is 3.30. The van der Waals surface area contributed by atoms with E-state index in [4.69, 9.17) is 12.2 Å². The summed E-state index contributed by atoms with van der Waals surface area (Å²) in [6, 6.07) is 18.8. The average molecular weight is 379 g/mol. The fourth-order valence-corrected chi connectivity index (χ4v) is 4.02. The fourth-order valence-electron chi connectivity index (χ4n) is 3.79. The van der Waals surface area contributed by atoms with Crippen molar-refractivity contribution in [2.45, 2.75) is 18.9 Å². The average Bonchev–Trinajstić information content (AvgIpc) is 3.31. The molecule has 1 atom stereocenters. The van der Waals surface area contributed by atoms with Crippen molar-refractivity contribution in [1.29, 1.82) is 0 Å². The number of rotatable bonds is 1. The number of fused-ring (bicyclic) bond motifs is 2. The van der Waals surface area contributed by atoms with Gasteiger partial charge in [0.2, 0.25) is 0 Å². The van der Waals surface area contributed by atoms with E-state index in [0.717, 1.165) is 5.11 Å². The first kappa shape index (κ1) is 17.3. The van der Waals surface area contributed by atoms with Crippen LogP contribution in [0.1, 0.15) is 24.4 Å². The second-order valence-corrected chi connectivity index (χ2v) is 6.68. The Kier molecular flexibility index (Phi) is 5.44. The van der Waals surface area contributed by atoms with Crippen molar-refractivity contribution in [3.8, 4) is 0 Å². The van der Waals surface area contributed by atoms with Crippen LogP contribution in [0.15, 0.2) is 66.0 Å². The molecule has 126 valence electrons. The number of allylic oxidation sites excluding steroid dienone is 1. The van der Waals surface area contributed by atoms with Crippen molar-refractivity contribution in [2.24, 2.45) is 5.92 Å². The monoisotopic (exact) mass is 379 g/mol. The maximum Gasteiger partial charge on any atom is 2.00 e. The first-order chi connectivity index (χ1) is 11.3. The molecule has 5 heteroatoms. The normalized spacial score (nSPS) is 21.9. The Bertz CT molecular complexity index is 665. The van der Waals surface area contributed by atoms with E-state index in [1.807, 2.05) is 30.3 Å². The van der Waals surface area contributed by atoms with Crippen molar-refractivity contribution in [3.63, 3.8) is 0 Å². The zero-order valence-electron chi connectivity index (χ0n) is 13.4. The summed E-state index contributed by atoms with van der Waals surface area (Å²) < 4.78 is 0. The molecule has 2 aromatic carbocycles. The molecule has 0 spiro atoms. The van der Waals surface area contributed by atoms with Crippen LogP contribution in [-0.2, 0) is 17.1 Å². The molecule has 0 aliphatic carbocycles. The van der Waals surface area contributed by atoms with E-state index in [1.165, 1.54) is 42.9 Å². The van der Waals surface area contributed by atoms with Gasteiger partial charge in [-0.15, -0.1) is 5.56 Å². The standard InChI is InChI=1S/C14H16N3S.C5H5.Fe/c18-14-15-11(9-3-1-2-4-9)13-12(16-14)10-5-7-17(13)8-6-10;1-2-4-5-3-1;/h1-4,10-11H,5-8H2,(H2,15,16,18);1-5H;/q2*-1;+2. The van der Waals surface area contributed by atoms with Gasteiger partial charge in [-0.25, -0.2) is 24.3 Å². The zero-order valence-corrected chi connectivity index (χ0v) is 15.3. The van der Waals surface area contributed by atoms with Gasteiger partial charge < -0.3 is 15.5 Å². The molecule has 0 saturated carbocycles.